The van der Waals surface area contributed by atoms with Crippen molar-refractivity contribution in [2.24, 2.45) is 11.8 Å². The molecule has 2 saturated carbocycles. The third kappa shape index (κ3) is 4.81. The molecular weight excluding hydrogens is 392 g/mol. The Morgan fingerprint density at radius 2 is 1.86 bits per heavy atom. The largest absolute Gasteiger partial charge is 0.381 e. The molecule has 3 fully saturated rings. The zero-order valence-electron chi connectivity index (χ0n) is 18.3. The van der Waals surface area contributed by atoms with Gasteiger partial charge in [-0.3, -0.25) is 4.79 Å². The van der Waals surface area contributed by atoms with Crippen molar-refractivity contribution in [2.75, 3.05) is 20.2 Å². The minimum Gasteiger partial charge on any atom is -0.381 e. The van der Waals surface area contributed by atoms with Crippen LogP contribution in [0.2, 0.25) is 0 Å². The van der Waals surface area contributed by atoms with E-state index in [0.717, 1.165) is 25.7 Å². The topological polar surface area (TPSA) is 84.9 Å². The van der Waals surface area contributed by atoms with Gasteiger partial charge in [-0.15, -0.1) is 0 Å². The average molecular weight is 431 g/mol. The standard InChI is InChI=1S/C21H38N2O5S/c1-5-23(6-2)29(25,26)17-10-11-19-18(13-17)14(3)20(28-19)21(24)22-15-8-7-9-16(12-15)27-4/h14-20H,5-13H2,1-4H3,(H,22,24). The van der Waals surface area contributed by atoms with Gasteiger partial charge in [-0.2, -0.15) is 0 Å². The summed E-state index contributed by atoms with van der Waals surface area (Å²) in [5.74, 6) is 0.0984. The van der Waals surface area contributed by atoms with Gasteiger partial charge in [0.15, 0.2) is 0 Å². The van der Waals surface area contributed by atoms with Crippen molar-refractivity contribution in [1.82, 2.24) is 9.62 Å². The van der Waals surface area contributed by atoms with E-state index in [1.807, 2.05) is 20.8 Å². The van der Waals surface area contributed by atoms with Gasteiger partial charge in [-0.25, -0.2) is 12.7 Å². The maximum absolute atomic E-state index is 13.0. The highest BCUT2D eigenvalue weighted by Crippen LogP contribution is 2.43. The van der Waals surface area contributed by atoms with Crippen molar-refractivity contribution in [2.45, 2.75) is 95.3 Å². The maximum Gasteiger partial charge on any atom is 0.249 e. The van der Waals surface area contributed by atoms with Crippen LogP contribution in [0.15, 0.2) is 0 Å². The van der Waals surface area contributed by atoms with Crippen molar-refractivity contribution in [3.63, 3.8) is 0 Å². The molecule has 0 spiro atoms. The Morgan fingerprint density at radius 3 is 2.52 bits per heavy atom. The third-order valence-electron chi connectivity index (χ3n) is 7.31. The van der Waals surface area contributed by atoms with Crippen molar-refractivity contribution in [3.05, 3.63) is 0 Å². The summed E-state index contributed by atoms with van der Waals surface area (Å²) < 4.78 is 39.1. The van der Waals surface area contributed by atoms with E-state index in [1.165, 1.54) is 0 Å². The SMILES string of the molecule is CCN(CC)S(=O)(=O)C1CCC2OC(C(=O)NC3CCCC(OC)C3)C(C)C2C1. The minimum atomic E-state index is -3.29. The molecule has 3 rings (SSSR count). The molecule has 7 unspecified atom stereocenters. The Hall–Kier alpha value is -0.700. The number of fused-ring (bicyclic) bond motifs is 1. The first-order chi connectivity index (χ1) is 13.8. The first kappa shape index (κ1) is 23.0. The summed E-state index contributed by atoms with van der Waals surface area (Å²) in [5.41, 5.74) is 0. The molecule has 7 nitrogen and oxygen atoms in total. The molecule has 29 heavy (non-hydrogen) atoms. The predicted octanol–water partition coefficient (Wildman–Crippen LogP) is 2.30. The number of rotatable bonds is 7. The number of nitrogens with zero attached hydrogens (tertiary/aromatic N) is 1. The fourth-order valence-electron chi connectivity index (χ4n) is 5.54. The Labute approximate surface area is 175 Å². The molecule has 0 aromatic heterocycles. The van der Waals surface area contributed by atoms with Gasteiger partial charge in [0.1, 0.15) is 6.10 Å². The molecule has 7 atom stereocenters. The Bertz CT molecular complexity index is 666. The van der Waals surface area contributed by atoms with Crippen LogP contribution in [-0.4, -0.2) is 68.4 Å². The van der Waals surface area contributed by atoms with Gasteiger partial charge in [0.05, 0.1) is 17.5 Å². The normalized spacial score (nSPS) is 38.0. The van der Waals surface area contributed by atoms with Crippen LogP contribution in [0.1, 0.15) is 65.7 Å². The van der Waals surface area contributed by atoms with Crippen molar-refractivity contribution in [3.8, 4) is 0 Å². The molecule has 1 heterocycles. The van der Waals surface area contributed by atoms with E-state index in [-0.39, 0.29) is 41.2 Å². The lowest BCUT2D eigenvalue weighted by Gasteiger charge is -2.34. The van der Waals surface area contributed by atoms with Gasteiger partial charge < -0.3 is 14.8 Å². The number of nitrogens with one attached hydrogen (secondary N) is 1. The van der Waals surface area contributed by atoms with E-state index in [0.29, 0.717) is 32.4 Å². The minimum absolute atomic E-state index is 0.0121. The quantitative estimate of drug-likeness (QED) is 0.670. The molecule has 1 saturated heterocycles. The summed E-state index contributed by atoms with van der Waals surface area (Å²) in [7, 11) is -1.57. The number of ether oxygens (including phenoxy) is 2. The number of hydrogen-bond donors (Lipinski definition) is 1. The highest BCUT2D eigenvalue weighted by molar-refractivity contribution is 7.89. The van der Waals surface area contributed by atoms with Crippen molar-refractivity contribution >= 4 is 15.9 Å². The molecule has 8 heteroatoms. The zero-order chi connectivity index (χ0) is 21.2. The number of carbonyl (C=O) groups is 1. The smallest absolute Gasteiger partial charge is 0.249 e. The van der Waals surface area contributed by atoms with Gasteiger partial charge in [0, 0.05) is 26.2 Å². The fraction of sp³-hybridized carbons (Fsp3) is 0.952. The van der Waals surface area contributed by atoms with Crippen LogP contribution in [0.25, 0.3) is 0 Å². The number of carbonyl (C=O) groups excluding carboxylic acids is 1. The molecule has 2 aliphatic carbocycles. The molecule has 0 radical (unpaired) electrons. The maximum atomic E-state index is 13.0. The van der Waals surface area contributed by atoms with Crippen LogP contribution in [0.4, 0.5) is 0 Å². The van der Waals surface area contributed by atoms with E-state index in [9.17, 15) is 13.2 Å². The summed E-state index contributed by atoms with van der Waals surface area (Å²) in [6, 6.07) is 0.135. The van der Waals surface area contributed by atoms with E-state index in [4.69, 9.17) is 9.47 Å². The van der Waals surface area contributed by atoms with E-state index in [2.05, 4.69) is 5.32 Å². The van der Waals surface area contributed by atoms with E-state index in [1.54, 1.807) is 11.4 Å². The second-order valence-electron chi connectivity index (χ2n) is 8.91. The second kappa shape index (κ2) is 9.62. The Balaban J connectivity index is 1.61. The van der Waals surface area contributed by atoms with Crippen molar-refractivity contribution in [1.29, 1.82) is 0 Å². The number of sulfonamides is 1. The lowest BCUT2D eigenvalue weighted by molar-refractivity contribution is -0.135. The summed E-state index contributed by atoms with van der Waals surface area (Å²) in [4.78, 5) is 12.9. The first-order valence-electron chi connectivity index (χ1n) is 11.3. The number of methoxy groups -OCH3 is 1. The lowest BCUT2D eigenvalue weighted by atomic mass is 9.79. The Morgan fingerprint density at radius 1 is 1.14 bits per heavy atom. The zero-order valence-corrected chi connectivity index (χ0v) is 19.1. The molecule has 1 amide bonds. The van der Waals surface area contributed by atoms with E-state index < -0.39 is 16.1 Å². The molecule has 1 aliphatic heterocycles. The molecule has 0 aromatic rings. The van der Waals surface area contributed by atoms with Crippen LogP contribution in [0.3, 0.4) is 0 Å². The molecule has 3 aliphatic rings. The molecule has 0 bridgehead atoms. The van der Waals surface area contributed by atoms with Crippen LogP contribution in [0.5, 0.6) is 0 Å². The molecule has 0 aromatic carbocycles. The van der Waals surface area contributed by atoms with Crippen LogP contribution in [-0.2, 0) is 24.3 Å². The Kier molecular flexibility index (Phi) is 7.62. The molecular formula is C21H38N2O5S. The van der Waals surface area contributed by atoms with E-state index >= 15 is 0 Å². The van der Waals surface area contributed by atoms with Crippen molar-refractivity contribution < 1.29 is 22.7 Å². The van der Waals surface area contributed by atoms with Crippen LogP contribution < -0.4 is 5.32 Å². The summed E-state index contributed by atoms with van der Waals surface area (Å²) >= 11 is 0. The monoisotopic (exact) mass is 430 g/mol. The van der Waals surface area contributed by atoms with Gasteiger partial charge in [-0.05, 0) is 56.8 Å². The third-order valence-corrected chi connectivity index (χ3v) is 9.82. The lowest BCUT2D eigenvalue weighted by Crippen LogP contribution is -2.46. The molecule has 1 N–H and O–H groups in total. The highest BCUT2D eigenvalue weighted by atomic mass is 32.2. The van der Waals surface area contributed by atoms with Crippen LogP contribution in [0, 0.1) is 11.8 Å². The predicted molar refractivity (Wildman–Crippen MR) is 112 cm³/mol. The van der Waals surface area contributed by atoms with Crippen LogP contribution >= 0.6 is 0 Å². The fourth-order valence-corrected chi connectivity index (χ4v) is 7.58. The second-order valence-corrected chi connectivity index (χ2v) is 11.1. The first-order valence-corrected chi connectivity index (χ1v) is 12.8. The summed E-state index contributed by atoms with van der Waals surface area (Å²) in [6.45, 7) is 6.82. The number of amides is 1. The van der Waals surface area contributed by atoms with Gasteiger partial charge >= 0.3 is 0 Å². The average Bonchev–Trinajstić information content (AvgIpc) is 3.05. The highest BCUT2D eigenvalue weighted by Gasteiger charge is 2.50. The summed E-state index contributed by atoms with van der Waals surface area (Å²) in [6.07, 6.45) is 5.55. The number of hydrogen-bond acceptors (Lipinski definition) is 5. The summed E-state index contributed by atoms with van der Waals surface area (Å²) in [5, 5.41) is 2.81. The van der Waals surface area contributed by atoms with Gasteiger partial charge in [0.25, 0.3) is 0 Å². The molecule has 168 valence electrons. The van der Waals surface area contributed by atoms with Gasteiger partial charge in [0.2, 0.25) is 15.9 Å². The van der Waals surface area contributed by atoms with Gasteiger partial charge in [-0.1, -0.05) is 20.8 Å².